The summed E-state index contributed by atoms with van der Waals surface area (Å²) >= 11 is 5.18. The number of thiocarbonyl (C=S) groups is 1. The van der Waals surface area contributed by atoms with Crippen LogP contribution in [-0.2, 0) is 9.47 Å². The first-order chi connectivity index (χ1) is 9.41. The molecule has 1 rings (SSSR count). The first-order valence-corrected chi connectivity index (χ1v) is 7.05. The predicted molar refractivity (Wildman–Crippen MR) is 82.8 cm³/mol. The molecule has 0 atom stereocenters. The highest BCUT2D eigenvalue weighted by Crippen LogP contribution is 2.17. The van der Waals surface area contributed by atoms with Crippen LogP contribution in [0.1, 0.15) is 41.5 Å². The summed E-state index contributed by atoms with van der Waals surface area (Å²) in [7, 11) is 0. The number of carbonyl (C=O) groups excluding carboxylic acids is 2. The van der Waals surface area contributed by atoms with Crippen molar-refractivity contribution in [3.8, 4) is 0 Å². The van der Waals surface area contributed by atoms with E-state index in [1.165, 1.54) is 11.1 Å². The topological polar surface area (TPSA) is 59.1 Å². The quantitative estimate of drug-likeness (QED) is 0.642. The molecule has 0 N–H and O–H groups in total. The van der Waals surface area contributed by atoms with E-state index in [4.69, 9.17) is 21.7 Å². The van der Waals surface area contributed by atoms with Crippen molar-refractivity contribution in [3.05, 3.63) is 12.3 Å². The van der Waals surface area contributed by atoms with Crippen molar-refractivity contribution in [3.63, 3.8) is 0 Å². The van der Waals surface area contributed by atoms with Gasteiger partial charge in [-0.25, -0.2) is 19.4 Å². The Hall–Kier alpha value is -1.63. The second kappa shape index (κ2) is 6.01. The molecule has 1 heterocycles. The van der Waals surface area contributed by atoms with Gasteiger partial charge < -0.3 is 9.47 Å². The normalized spacial score (nSPS) is 16.0. The van der Waals surface area contributed by atoms with E-state index in [1.807, 2.05) is 0 Å². The average Bonchev–Trinajstić information content (AvgIpc) is 2.23. The van der Waals surface area contributed by atoms with Crippen LogP contribution in [0.5, 0.6) is 0 Å². The van der Waals surface area contributed by atoms with Crippen LogP contribution in [-0.4, -0.2) is 44.8 Å². The van der Waals surface area contributed by atoms with E-state index in [0.29, 0.717) is 0 Å². The molecule has 0 saturated carbocycles. The summed E-state index contributed by atoms with van der Waals surface area (Å²) in [4.78, 5) is 26.5. The molecular formula is C14H22N2O4S. The first kappa shape index (κ1) is 17.4. The highest BCUT2D eigenvalue weighted by atomic mass is 32.1. The SMILES string of the molecule is CC(C)(C)OC(=O)N1C=CCN(C(=O)OC(C)(C)C)C1=S. The molecule has 0 saturated heterocycles. The molecular weight excluding hydrogens is 292 g/mol. The van der Waals surface area contributed by atoms with Gasteiger partial charge in [0.05, 0.1) is 6.54 Å². The Bertz CT molecular complexity index is 474. The Morgan fingerprint density at radius 1 is 1.05 bits per heavy atom. The maximum atomic E-state index is 12.1. The molecule has 6 nitrogen and oxygen atoms in total. The van der Waals surface area contributed by atoms with Gasteiger partial charge in [-0.2, -0.15) is 0 Å². The number of nitrogens with zero attached hydrogens (tertiary/aromatic N) is 2. The standard InChI is InChI=1S/C14H22N2O4S/c1-13(2,3)19-11(17)15-8-7-9-16(10(15)21)12(18)20-14(4,5)6/h7-8H,9H2,1-6H3. The second-order valence-corrected chi connectivity index (χ2v) is 6.97. The number of ether oxygens (including phenoxy) is 2. The van der Waals surface area contributed by atoms with E-state index in [2.05, 4.69) is 0 Å². The molecule has 0 unspecified atom stereocenters. The van der Waals surface area contributed by atoms with Crippen LogP contribution in [0.2, 0.25) is 0 Å². The van der Waals surface area contributed by atoms with Crippen LogP contribution in [0.25, 0.3) is 0 Å². The van der Waals surface area contributed by atoms with Gasteiger partial charge in [0.1, 0.15) is 11.2 Å². The fourth-order valence-corrected chi connectivity index (χ4v) is 1.73. The third-order valence-electron chi connectivity index (χ3n) is 2.18. The molecule has 21 heavy (non-hydrogen) atoms. The summed E-state index contributed by atoms with van der Waals surface area (Å²) in [5, 5.41) is 0.0426. The summed E-state index contributed by atoms with van der Waals surface area (Å²) in [6.45, 7) is 10.8. The van der Waals surface area contributed by atoms with E-state index in [-0.39, 0.29) is 11.7 Å². The molecule has 0 aromatic rings. The van der Waals surface area contributed by atoms with Gasteiger partial charge in [-0.1, -0.05) is 0 Å². The van der Waals surface area contributed by atoms with Crippen molar-refractivity contribution in [1.82, 2.24) is 9.80 Å². The first-order valence-electron chi connectivity index (χ1n) is 6.64. The Balaban J connectivity index is 2.82. The summed E-state index contributed by atoms with van der Waals surface area (Å²) in [5.74, 6) is 0. The number of hydrogen-bond acceptors (Lipinski definition) is 5. The van der Waals surface area contributed by atoms with E-state index in [9.17, 15) is 9.59 Å². The van der Waals surface area contributed by atoms with Crippen LogP contribution >= 0.6 is 12.2 Å². The summed E-state index contributed by atoms with van der Waals surface area (Å²) in [6, 6.07) is 0. The van der Waals surface area contributed by atoms with Gasteiger partial charge in [0.25, 0.3) is 0 Å². The highest BCUT2D eigenvalue weighted by molar-refractivity contribution is 7.80. The molecule has 118 valence electrons. The zero-order valence-corrected chi connectivity index (χ0v) is 14.1. The van der Waals surface area contributed by atoms with Gasteiger partial charge in [0.2, 0.25) is 0 Å². The van der Waals surface area contributed by atoms with Crippen LogP contribution in [0.4, 0.5) is 9.59 Å². The molecule has 0 bridgehead atoms. The molecule has 7 heteroatoms. The molecule has 1 aliphatic heterocycles. The Morgan fingerprint density at radius 2 is 1.52 bits per heavy atom. The lowest BCUT2D eigenvalue weighted by Gasteiger charge is -2.33. The van der Waals surface area contributed by atoms with E-state index in [0.717, 1.165) is 4.90 Å². The van der Waals surface area contributed by atoms with Crippen molar-refractivity contribution in [2.75, 3.05) is 6.54 Å². The number of carbonyl (C=O) groups is 2. The molecule has 0 aromatic heterocycles. The second-order valence-electron chi connectivity index (χ2n) is 6.61. The summed E-state index contributed by atoms with van der Waals surface area (Å²) in [5.41, 5.74) is -1.28. The van der Waals surface area contributed by atoms with Crippen molar-refractivity contribution in [1.29, 1.82) is 0 Å². The summed E-state index contributed by atoms with van der Waals surface area (Å²) < 4.78 is 10.5. The third-order valence-corrected chi connectivity index (χ3v) is 2.60. The van der Waals surface area contributed by atoms with Gasteiger partial charge in [0.15, 0.2) is 5.11 Å². The number of rotatable bonds is 0. The van der Waals surface area contributed by atoms with Crippen molar-refractivity contribution in [2.45, 2.75) is 52.7 Å². The largest absolute Gasteiger partial charge is 0.443 e. The zero-order chi connectivity index (χ0) is 16.4. The van der Waals surface area contributed by atoms with Crippen molar-refractivity contribution >= 4 is 29.5 Å². The minimum absolute atomic E-state index is 0.0426. The Morgan fingerprint density at radius 3 is 2.00 bits per heavy atom. The maximum Gasteiger partial charge on any atom is 0.420 e. The minimum atomic E-state index is -0.644. The maximum absolute atomic E-state index is 12.1. The average molecular weight is 314 g/mol. The molecule has 0 spiro atoms. The fraction of sp³-hybridized carbons (Fsp3) is 0.643. The van der Waals surface area contributed by atoms with E-state index in [1.54, 1.807) is 47.6 Å². The molecule has 2 amide bonds. The fourth-order valence-electron chi connectivity index (χ4n) is 1.45. The molecule has 1 aliphatic rings. The smallest absolute Gasteiger partial charge is 0.420 e. The van der Waals surface area contributed by atoms with E-state index < -0.39 is 23.4 Å². The third kappa shape index (κ3) is 5.34. The van der Waals surface area contributed by atoms with Crippen LogP contribution in [0.15, 0.2) is 12.3 Å². The Kier molecular flexibility index (Phi) is 4.99. The van der Waals surface area contributed by atoms with Crippen LogP contribution < -0.4 is 0 Å². The van der Waals surface area contributed by atoms with Crippen molar-refractivity contribution < 1.29 is 19.1 Å². The number of hydrogen-bond donors (Lipinski definition) is 0. The number of amides is 2. The molecule has 0 aromatic carbocycles. The monoisotopic (exact) mass is 314 g/mol. The van der Waals surface area contributed by atoms with E-state index >= 15 is 0 Å². The lowest BCUT2D eigenvalue weighted by Crippen LogP contribution is -2.51. The summed E-state index contributed by atoms with van der Waals surface area (Å²) in [6.07, 6.45) is 1.92. The zero-order valence-electron chi connectivity index (χ0n) is 13.3. The van der Waals surface area contributed by atoms with Gasteiger partial charge in [-0.05, 0) is 59.8 Å². The minimum Gasteiger partial charge on any atom is -0.443 e. The van der Waals surface area contributed by atoms with Crippen LogP contribution in [0, 0.1) is 0 Å². The molecule has 0 fully saturated rings. The lowest BCUT2D eigenvalue weighted by molar-refractivity contribution is 0.0321. The lowest BCUT2D eigenvalue weighted by atomic mass is 10.2. The predicted octanol–water partition coefficient (Wildman–Crippen LogP) is 3.27. The van der Waals surface area contributed by atoms with Gasteiger partial charge in [-0.15, -0.1) is 0 Å². The molecule has 0 radical (unpaired) electrons. The van der Waals surface area contributed by atoms with Gasteiger partial charge in [0, 0.05) is 6.20 Å². The highest BCUT2D eigenvalue weighted by Gasteiger charge is 2.33. The van der Waals surface area contributed by atoms with Gasteiger partial charge in [-0.3, -0.25) is 0 Å². The van der Waals surface area contributed by atoms with Crippen molar-refractivity contribution in [2.24, 2.45) is 0 Å². The molecule has 0 aliphatic carbocycles. The van der Waals surface area contributed by atoms with Crippen LogP contribution in [0.3, 0.4) is 0 Å². The Labute approximate surface area is 130 Å². The van der Waals surface area contributed by atoms with Gasteiger partial charge >= 0.3 is 12.2 Å².